The van der Waals surface area contributed by atoms with Gasteiger partial charge in [0, 0.05) is 23.0 Å². The van der Waals surface area contributed by atoms with Crippen molar-refractivity contribution in [1.82, 2.24) is 14.1 Å². The summed E-state index contributed by atoms with van der Waals surface area (Å²) in [6.07, 6.45) is 5.95. The fourth-order valence-electron chi connectivity index (χ4n) is 11.9. The van der Waals surface area contributed by atoms with Gasteiger partial charge in [0.1, 0.15) is 25.4 Å². The van der Waals surface area contributed by atoms with Crippen LogP contribution in [0.3, 0.4) is 0 Å². The van der Waals surface area contributed by atoms with E-state index in [1.54, 1.807) is 0 Å². The minimum absolute atomic E-state index is 0.365. The molecule has 13 rings (SSSR count). The zero-order valence-electron chi connectivity index (χ0n) is 41.7. The van der Waals surface area contributed by atoms with E-state index in [0.29, 0.717) is 17.8 Å². The number of ether oxygens (including phenoxy) is 1. The molecule has 0 unspecified atom stereocenters. The first-order valence-corrected chi connectivity index (χ1v) is 28.3. The van der Waals surface area contributed by atoms with Crippen LogP contribution in [-0.2, 0) is 0 Å². The summed E-state index contributed by atoms with van der Waals surface area (Å²) in [6, 6.07) is 62.6. The molecule has 11 aromatic rings. The van der Waals surface area contributed by atoms with Gasteiger partial charge in [0.25, 0.3) is 6.33 Å². The van der Waals surface area contributed by atoms with Crippen molar-refractivity contribution in [2.24, 2.45) is 0 Å². The fourth-order valence-corrected chi connectivity index (χ4v) is 14.9. The maximum Gasteiger partial charge on any atom is 0.269 e. The quantitative estimate of drug-likeness (QED) is 0.0907. The van der Waals surface area contributed by atoms with Gasteiger partial charge in [-0.3, -0.25) is 13.7 Å². The molecule has 5 heterocycles. The van der Waals surface area contributed by atoms with Crippen molar-refractivity contribution in [2.75, 3.05) is 0 Å². The summed E-state index contributed by atoms with van der Waals surface area (Å²) in [5.41, 5.74) is 20.8. The summed E-state index contributed by atoms with van der Waals surface area (Å²) in [7, 11) is -2.24. The van der Waals surface area contributed by atoms with Gasteiger partial charge in [0.15, 0.2) is 0 Å². The van der Waals surface area contributed by atoms with Crippen LogP contribution in [-0.4, -0.2) is 22.2 Å². The lowest BCUT2D eigenvalue weighted by Gasteiger charge is -2.33. The van der Waals surface area contributed by atoms with E-state index in [9.17, 15) is 0 Å². The Morgan fingerprint density at radius 1 is 0.535 bits per heavy atom. The van der Waals surface area contributed by atoms with E-state index in [1.807, 2.05) is 6.20 Å². The topological polar surface area (TPSA) is 35.9 Å². The third kappa shape index (κ3) is 6.57. The molecule has 0 atom stereocenters. The third-order valence-corrected chi connectivity index (χ3v) is 19.0. The Labute approximate surface area is 417 Å². The second kappa shape index (κ2) is 16.1. The van der Waals surface area contributed by atoms with Gasteiger partial charge in [0.05, 0.1) is 33.4 Å². The summed E-state index contributed by atoms with van der Waals surface area (Å²) < 4.78 is 14.0. The summed E-state index contributed by atoms with van der Waals surface area (Å²) in [5.74, 6) is 3.62. The fraction of sp³-hybridized carbons (Fsp3) is 0.169. The van der Waals surface area contributed by atoms with E-state index in [2.05, 4.69) is 245 Å². The van der Waals surface area contributed by atoms with E-state index in [1.165, 1.54) is 88.0 Å². The lowest BCUT2D eigenvalue weighted by atomic mass is 9.82. The van der Waals surface area contributed by atoms with Gasteiger partial charge in [-0.15, -0.1) is 0 Å². The van der Waals surface area contributed by atoms with Crippen LogP contribution in [0.1, 0.15) is 76.0 Å². The van der Waals surface area contributed by atoms with Crippen LogP contribution < -0.4 is 19.7 Å². The highest BCUT2D eigenvalue weighted by molar-refractivity contribution is 7.02. The monoisotopic (exact) mass is 936 g/mol. The molecule has 0 spiro atoms. The number of fused-ring (bicyclic) bond motifs is 12. The average Bonchev–Trinajstić information content (AvgIpc) is 3.95. The van der Waals surface area contributed by atoms with Crippen molar-refractivity contribution in [3.05, 3.63) is 199 Å². The Morgan fingerprint density at radius 3 is 1.83 bits per heavy atom. The van der Waals surface area contributed by atoms with E-state index < -0.39 is 8.07 Å². The maximum atomic E-state index is 7.01. The Balaban J connectivity index is 0.961. The first-order chi connectivity index (χ1) is 34.5. The lowest BCUT2D eigenvalue weighted by molar-refractivity contribution is -0.571. The molecule has 0 fully saturated rings. The molecule has 71 heavy (non-hydrogen) atoms. The maximum absolute atomic E-state index is 7.01. The van der Waals surface area contributed by atoms with Crippen molar-refractivity contribution < 1.29 is 9.30 Å². The number of pyridine rings is 1. The lowest BCUT2D eigenvalue weighted by Crippen LogP contribution is -2.57. The molecule has 6 heteroatoms. The molecule has 0 N–H and O–H groups in total. The van der Waals surface area contributed by atoms with Crippen molar-refractivity contribution in [2.45, 2.75) is 72.4 Å². The SMILES string of the molecule is CC(C)c1cc(C(C)C)c(-c2ccnc(-n3c4ccccc4c4ccc(Oc5ccc6c(c5)-n5[c-][n+]7c8c(ccc(c85)[Si]6(C)C)-c5ccccc5-c5ccccc5-c5ccccc5-7)cc43)c2)c(C(C)C)c1. The number of hydrogen-bond donors (Lipinski definition) is 0. The molecule has 0 bridgehead atoms. The number of hydrogen-bond acceptors (Lipinski definition) is 2. The van der Waals surface area contributed by atoms with Gasteiger partial charge in [-0.25, -0.2) is 4.98 Å². The van der Waals surface area contributed by atoms with Crippen LogP contribution in [0, 0.1) is 6.33 Å². The molecule has 2 aliphatic heterocycles. The van der Waals surface area contributed by atoms with Crippen molar-refractivity contribution in [3.63, 3.8) is 0 Å². The molecular weight excluding hydrogens is 881 g/mol. The van der Waals surface area contributed by atoms with Crippen molar-refractivity contribution >= 4 is 51.3 Å². The van der Waals surface area contributed by atoms with Gasteiger partial charge < -0.3 is 4.74 Å². The minimum Gasteiger partial charge on any atom is -0.458 e. The minimum atomic E-state index is -2.24. The van der Waals surface area contributed by atoms with Crippen LogP contribution in [0.5, 0.6) is 11.5 Å². The van der Waals surface area contributed by atoms with Gasteiger partial charge in [0.2, 0.25) is 0 Å². The van der Waals surface area contributed by atoms with Crippen LogP contribution in [0.2, 0.25) is 13.1 Å². The van der Waals surface area contributed by atoms with Gasteiger partial charge in [-0.05, 0) is 138 Å². The third-order valence-electron chi connectivity index (χ3n) is 15.5. The number of para-hydroxylation sites is 2. The molecule has 0 saturated heterocycles. The molecule has 8 aromatic carbocycles. The Bertz CT molecular complexity index is 3970. The molecule has 2 aliphatic rings. The van der Waals surface area contributed by atoms with E-state index in [4.69, 9.17) is 9.72 Å². The Kier molecular flexibility index (Phi) is 9.82. The molecule has 0 amide bonds. The highest BCUT2D eigenvalue weighted by Crippen LogP contribution is 2.45. The van der Waals surface area contributed by atoms with Crippen LogP contribution >= 0.6 is 0 Å². The number of rotatable bonds is 7. The normalized spacial score (nSPS) is 13.3. The molecule has 346 valence electrons. The molecule has 0 aliphatic carbocycles. The Hall–Kier alpha value is -7.80. The van der Waals surface area contributed by atoms with Gasteiger partial charge >= 0.3 is 0 Å². The van der Waals surface area contributed by atoms with Crippen LogP contribution in [0.25, 0.3) is 94.5 Å². The van der Waals surface area contributed by atoms with E-state index in [0.717, 1.165) is 45.1 Å². The number of aromatic nitrogens is 4. The number of imidazole rings is 1. The standard InChI is InChI=1S/C65H56N4OSi/c1-39(2)43-33-54(40(3)4)63(55(34-43)41(5)6)42-31-32-66-62(35-42)69-57-24-16-14-22-51(57)52-27-25-44(36-58(52)69)70-45-26-29-60-59(37-45)68-38-67-56-23-15-13-21-50(56)48-19-11-9-17-46(48)47-18-10-12-20-49(47)53-28-30-61(71(60,7)8)65(68)64(53)67/h9-37,39-41H,1-8H3. The van der Waals surface area contributed by atoms with Crippen molar-refractivity contribution in [1.29, 1.82) is 0 Å². The predicted molar refractivity (Wildman–Crippen MR) is 297 cm³/mol. The average molecular weight is 937 g/mol. The smallest absolute Gasteiger partial charge is 0.269 e. The first kappa shape index (κ1) is 43.2. The highest BCUT2D eigenvalue weighted by atomic mass is 28.3. The second-order valence-electron chi connectivity index (χ2n) is 21.1. The zero-order chi connectivity index (χ0) is 48.4. The predicted octanol–water partition coefficient (Wildman–Crippen LogP) is 15.5. The molecule has 5 nitrogen and oxygen atoms in total. The Morgan fingerprint density at radius 2 is 1.13 bits per heavy atom. The molecule has 0 radical (unpaired) electrons. The van der Waals surface area contributed by atoms with E-state index >= 15 is 0 Å². The molecule has 3 aromatic heterocycles. The molecular formula is C65H56N4OSi. The second-order valence-corrected chi connectivity index (χ2v) is 25.4. The van der Waals surface area contributed by atoms with Crippen LogP contribution in [0.15, 0.2) is 176 Å². The summed E-state index contributed by atoms with van der Waals surface area (Å²) in [6.45, 7) is 18.8. The summed E-state index contributed by atoms with van der Waals surface area (Å²) >= 11 is 0. The van der Waals surface area contributed by atoms with Gasteiger partial charge in [-0.1, -0.05) is 170 Å². The van der Waals surface area contributed by atoms with Gasteiger partial charge in [-0.2, -0.15) is 0 Å². The molecule has 0 saturated carbocycles. The van der Waals surface area contributed by atoms with Crippen molar-refractivity contribution in [3.8, 4) is 73.2 Å². The van der Waals surface area contributed by atoms with Crippen LogP contribution in [0.4, 0.5) is 0 Å². The summed E-state index contributed by atoms with van der Waals surface area (Å²) in [5, 5.41) is 5.10. The highest BCUT2D eigenvalue weighted by Gasteiger charge is 2.38. The first-order valence-electron chi connectivity index (χ1n) is 25.3. The summed E-state index contributed by atoms with van der Waals surface area (Å²) in [4.78, 5) is 5.11. The van der Waals surface area contributed by atoms with E-state index in [-0.39, 0.29) is 0 Å². The number of nitrogens with zero attached hydrogens (tertiary/aromatic N) is 4. The number of benzene rings is 8. The zero-order valence-corrected chi connectivity index (χ0v) is 42.7. The largest absolute Gasteiger partial charge is 0.458 e.